The van der Waals surface area contributed by atoms with Crippen LogP contribution in [0, 0.1) is 52.3 Å². The molecule has 0 aromatic carbocycles. The Morgan fingerprint density at radius 1 is 0.886 bits per heavy atom. The molecule has 4 saturated carbocycles. The van der Waals surface area contributed by atoms with E-state index in [2.05, 4.69) is 60.5 Å². The van der Waals surface area contributed by atoms with Crippen LogP contribution in [0.3, 0.4) is 0 Å². The summed E-state index contributed by atoms with van der Waals surface area (Å²) in [7, 11) is 2.13. The van der Waals surface area contributed by atoms with Crippen LogP contribution in [0.1, 0.15) is 98.3 Å². The molecule has 1 unspecified atom stereocenters. The quantitative estimate of drug-likeness (QED) is 0.404. The number of amides is 2. The van der Waals surface area contributed by atoms with E-state index in [-0.39, 0.29) is 30.0 Å². The van der Waals surface area contributed by atoms with E-state index < -0.39 is 0 Å². The Bertz CT molecular complexity index is 1090. The number of fused-ring (bicyclic) bond motifs is 7. The number of likely N-dealkylation sites (N-methyl/N-ethyl adjacent to an activating group) is 1. The van der Waals surface area contributed by atoms with Gasteiger partial charge in [0.25, 0.3) is 0 Å². The van der Waals surface area contributed by atoms with Crippen molar-refractivity contribution in [3.63, 3.8) is 0 Å². The second kappa shape index (κ2) is 11.8. The van der Waals surface area contributed by atoms with E-state index in [9.17, 15) is 9.59 Å². The highest BCUT2D eigenvalue weighted by Crippen LogP contribution is 2.71. The SMILES string of the molecule is C[C@@H]1CC[C@@]2(NC1)O[C@H]1C[C@H]3[C@@H]4CC[C@H]5CC(NC(=O)CC(=O)NCN6CCN(C)CC6)CC[C@]5(C)[C@H]4CC[C@]3(C)[C@H]1[C@@H]2C. The molecule has 0 aromatic rings. The molecular formula is C36H61N5O3. The van der Waals surface area contributed by atoms with Crippen LogP contribution < -0.4 is 16.0 Å². The average Bonchev–Trinajstić information content (AvgIpc) is 3.44. The molecule has 12 atom stereocenters. The van der Waals surface area contributed by atoms with Gasteiger partial charge in [-0.05, 0) is 118 Å². The molecule has 44 heavy (non-hydrogen) atoms. The number of carbonyl (C=O) groups is 2. The molecule has 4 aliphatic carbocycles. The van der Waals surface area contributed by atoms with Crippen LogP contribution in [0.2, 0.25) is 0 Å². The molecule has 0 bridgehead atoms. The normalized spacial score (nSPS) is 49.1. The monoisotopic (exact) mass is 611 g/mol. The molecule has 1 spiro atoms. The number of nitrogens with zero attached hydrogens (tertiary/aromatic N) is 2. The van der Waals surface area contributed by atoms with Gasteiger partial charge in [-0.15, -0.1) is 0 Å². The standard InChI is InChI=1S/C36H61N5O3/c1-23-8-13-36(38-21-23)24(2)33-30(44-36)19-29-27-7-6-25-18-26(9-11-34(25,3)28(27)10-12-35(29,33)4)39-32(43)20-31(42)37-22-41-16-14-40(5)15-17-41/h23-30,33,38H,6-22H2,1-5H3,(H,37,42)(H,39,43)/t23-,24+,25+,26?,27-,28+,29+,30+,33+,34+,35+,36-/m1/s1. The molecule has 2 amide bonds. The van der Waals surface area contributed by atoms with Crippen molar-refractivity contribution in [2.75, 3.05) is 46.4 Å². The third-order valence-corrected chi connectivity index (χ3v) is 14.9. The molecule has 248 valence electrons. The fraction of sp³-hybridized carbons (Fsp3) is 0.944. The van der Waals surface area contributed by atoms with Gasteiger partial charge in [-0.1, -0.05) is 27.7 Å². The number of hydrogen-bond donors (Lipinski definition) is 3. The molecule has 7 fully saturated rings. The Hall–Kier alpha value is -1.22. The van der Waals surface area contributed by atoms with Crippen molar-refractivity contribution < 1.29 is 14.3 Å². The molecule has 3 N–H and O–H groups in total. The summed E-state index contributed by atoms with van der Waals surface area (Å²) in [4.78, 5) is 30.0. The van der Waals surface area contributed by atoms with Gasteiger partial charge in [0.1, 0.15) is 12.1 Å². The van der Waals surface area contributed by atoms with E-state index >= 15 is 0 Å². The Morgan fingerprint density at radius 2 is 1.66 bits per heavy atom. The average molecular weight is 612 g/mol. The van der Waals surface area contributed by atoms with Crippen molar-refractivity contribution in [2.45, 2.75) is 116 Å². The van der Waals surface area contributed by atoms with Gasteiger partial charge in [0.15, 0.2) is 0 Å². The molecule has 7 rings (SSSR count). The van der Waals surface area contributed by atoms with Gasteiger partial charge in [0.05, 0.1) is 12.8 Å². The van der Waals surface area contributed by atoms with Gasteiger partial charge in [-0.25, -0.2) is 0 Å². The topological polar surface area (TPSA) is 85.9 Å². The molecule has 7 aliphatic rings. The summed E-state index contributed by atoms with van der Waals surface area (Å²) in [6.45, 7) is 15.7. The highest BCUT2D eigenvalue weighted by atomic mass is 16.5. The molecule has 3 heterocycles. The first-order chi connectivity index (χ1) is 21.0. The summed E-state index contributed by atoms with van der Waals surface area (Å²) < 4.78 is 7.09. The lowest BCUT2D eigenvalue weighted by Crippen LogP contribution is -2.58. The van der Waals surface area contributed by atoms with Crippen molar-refractivity contribution in [1.82, 2.24) is 25.8 Å². The van der Waals surface area contributed by atoms with E-state index in [1.807, 2.05) is 0 Å². The van der Waals surface area contributed by atoms with E-state index in [4.69, 9.17) is 4.74 Å². The van der Waals surface area contributed by atoms with Crippen molar-refractivity contribution in [3.05, 3.63) is 0 Å². The smallest absolute Gasteiger partial charge is 0.230 e. The maximum absolute atomic E-state index is 12.9. The Balaban J connectivity index is 0.927. The molecule has 8 heteroatoms. The predicted octanol–water partition coefficient (Wildman–Crippen LogP) is 4.20. The zero-order chi connectivity index (χ0) is 30.9. The number of rotatable bonds is 5. The van der Waals surface area contributed by atoms with Gasteiger partial charge in [-0.3, -0.25) is 19.8 Å². The van der Waals surface area contributed by atoms with Crippen molar-refractivity contribution in [1.29, 1.82) is 0 Å². The van der Waals surface area contributed by atoms with Crippen LogP contribution in [0.5, 0.6) is 0 Å². The first kappa shape index (κ1) is 31.4. The summed E-state index contributed by atoms with van der Waals surface area (Å²) in [6, 6.07) is 0.207. The minimum Gasteiger partial charge on any atom is -0.357 e. The van der Waals surface area contributed by atoms with Gasteiger partial charge >= 0.3 is 0 Å². The number of piperazine rings is 1. The van der Waals surface area contributed by atoms with Gasteiger partial charge in [0, 0.05) is 44.7 Å². The second-order valence-electron chi connectivity index (χ2n) is 17.2. The molecular weight excluding hydrogens is 550 g/mol. The van der Waals surface area contributed by atoms with E-state index in [0.29, 0.717) is 41.4 Å². The summed E-state index contributed by atoms with van der Waals surface area (Å²) in [5.74, 6) is 4.84. The third kappa shape index (κ3) is 5.35. The summed E-state index contributed by atoms with van der Waals surface area (Å²) >= 11 is 0. The minimum absolute atomic E-state index is 0.0597. The molecule has 0 aromatic heterocycles. The highest BCUT2D eigenvalue weighted by Gasteiger charge is 2.68. The van der Waals surface area contributed by atoms with Gasteiger partial charge < -0.3 is 20.3 Å². The van der Waals surface area contributed by atoms with Crippen LogP contribution in [0.25, 0.3) is 0 Å². The zero-order valence-corrected chi connectivity index (χ0v) is 28.3. The molecule has 3 aliphatic heterocycles. The number of piperidine rings is 1. The molecule has 8 nitrogen and oxygen atoms in total. The van der Waals surface area contributed by atoms with E-state index in [0.717, 1.165) is 69.2 Å². The summed E-state index contributed by atoms with van der Waals surface area (Å²) in [5.41, 5.74) is 0.695. The zero-order valence-electron chi connectivity index (χ0n) is 28.3. The van der Waals surface area contributed by atoms with Crippen LogP contribution in [-0.4, -0.2) is 85.9 Å². The molecule has 3 saturated heterocycles. The summed E-state index contributed by atoms with van der Waals surface area (Å²) in [6.07, 6.45) is 12.8. The largest absolute Gasteiger partial charge is 0.357 e. The predicted molar refractivity (Wildman–Crippen MR) is 172 cm³/mol. The fourth-order valence-electron chi connectivity index (χ4n) is 12.3. The third-order valence-electron chi connectivity index (χ3n) is 14.9. The van der Waals surface area contributed by atoms with Crippen LogP contribution in [0.4, 0.5) is 0 Å². The Kier molecular flexibility index (Phi) is 8.41. The van der Waals surface area contributed by atoms with Crippen LogP contribution in [-0.2, 0) is 14.3 Å². The minimum atomic E-state index is -0.160. The number of ether oxygens (including phenoxy) is 1. The van der Waals surface area contributed by atoms with Crippen molar-refractivity contribution >= 4 is 11.8 Å². The number of hydrogen-bond acceptors (Lipinski definition) is 6. The lowest BCUT2D eigenvalue weighted by Gasteiger charge is -2.61. The highest BCUT2D eigenvalue weighted by molar-refractivity contribution is 5.96. The van der Waals surface area contributed by atoms with E-state index in [1.54, 1.807) is 0 Å². The van der Waals surface area contributed by atoms with Crippen molar-refractivity contribution in [2.24, 2.45) is 52.3 Å². The van der Waals surface area contributed by atoms with Crippen LogP contribution >= 0.6 is 0 Å². The Morgan fingerprint density at radius 3 is 2.41 bits per heavy atom. The summed E-state index contributed by atoms with van der Waals surface area (Å²) in [5, 5.41) is 10.2. The first-order valence-corrected chi connectivity index (χ1v) is 18.4. The van der Waals surface area contributed by atoms with Gasteiger partial charge in [-0.2, -0.15) is 0 Å². The first-order valence-electron chi connectivity index (χ1n) is 18.4. The van der Waals surface area contributed by atoms with Crippen molar-refractivity contribution in [3.8, 4) is 0 Å². The van der Waals surface area contributed by atoms with E-state index in [1.165, 1.54) is 51.4 Å². The lowest BCUT2D eigenvalue weighted by molar-refractivity contribution is -0.137. The lowest BCUT2D eigenvalue weighted by atomic mass is 9.44. The molecule has 0 radical (unpaired) electrons. The number of nitrogens with one attached hydrogen (secondary N) is 3. The van der Waals surface area contributed by atoms with Gasteiger partial charge in [0.2, 0.25) is 11.8 Å². The maximum Gasteiger partial charge on any atom is 0.230 e. The maximum atomic E-state index is 12.9. The number of carbonyl (C=O) groups excluding carboxylic acids is 2. The Labute approximate surface area is 266 Å². The van der Waals surface area contributed by atoms with Crippen LogP contribution in [0.15, 0.2) is 0 Å². The fourth-order valence-corrected chi connectivity index (χ4v) is 12.3. The second-order valence-corrected chi connectivity index (χ2v) is 17.2.